The van der Waals surface area contributed by atoms with Gasteiger partial charge in [0.15, 0.2) is 0 Å². The number of aromatic amines is 1. The molecule has 0 saturated heterocycles. The molecule has 212 valence electrons. The number of rotatable bonds is 11. The van der Waals surface area contributed by atoms with Crippen LogP contribution in [-0.4, -0.2) is 58.0 Å². The molecule has 1 atom stereocenters. The van der Waals surface area contributed by atoms with Crippen molar-refractivity contribution in [2.45, 2.75) is 45.3 Å². The fraction of sp³-hybridized carbons (Fsp3) is 0.409. The van der Waals surface area contributed by atoms with E-state index < -0.39 is 64.9 Å². The summed E-state index contributed by atoms with van der Waals surface area (Å²) in [6, 6.07) is -1.02. The lowest BCUT2D eigenvalue weighted by molar-refractivity contribution is -0.147. The van der Waals surface area contributed by atoms with Crippen LogP contribution in [0.2, 0.25) is 0 Å². The van der Waals surface area contributed by atoms with Crippen molar-refractivity contribution >= 4 is 41.2 Å². The number of H-pyrrole nitrogens is 1. The first-order valence-electron chi connectivity index (χ1n) is 11.4. The molecule has 0 aliphatic carbocycles. The van der Waals surface area contributed by atoms with Crippen molar-refractivity contribution in [1.82, 2.24) is 20.3 Å². The van der Waals surface area contributed by atoms with Gasteiger partial charge in [0.1, 0.15) is 17.6 Å². The Balaban J connectivity index is 2.27. The van der Waals surface area contributed by atoms with Gasteiger partial charge in [-0.3, -0.25) is 24.2 Å². The number of nitrogens with zero attached hydrogens (tertiary/aromatic N) is 2. The van der Waals surface area contributed by atoms with Crippen LogP contribution in [0.15, 0.2) is 17.1 Å². The Morgan fingerprint density at radius 3 is 2.38 bits per heavy atom. The van der Waals surface area contributed by atoms with Gasteiger partial charge in [-0.15, -0.1) is 0 Å². The zero-order valence-corrected chi connectivity index (χ0v) is 20.8. The fourth-order valence-corrected chi connectivity index (χ4v) is 3.21. The second-order valence-corrected chi connectivity index (χ2v) is 7.78. The van der Waals surface area contributed by atoms with E-state index in [0.29, 0.717) is 6.07 Å². The number of nitrogen functional groups attached to an aromatic ring is 2. The Kier molecular flexibility index (Phi) is 10.3. The van der Waals surface area contributed by atoms with Gasteiger partial charge >= 0.3 is 18.1 Å². The van der Waals surface area contributed by atoms with Crippen LogP contribution in [0.4, 0.5) is 30.6 Å². The zero-order valence-electron chi connectivity index (χ0n) is 20.8. The molecule has 0 aliphatic heterocycles. The highest BCUT2D eigenvalue weighted by atomic mass is 19.4. The first kappa shape index (κ1) is 30.5. The predicted molar refractivity (Wildman–Crippen MR) is 129 cm³/mol. The number of pyridine rings is 1. The molecule has 7 N–H and O–H groups in total. The number of carbonyl (C=O) groups is 4. The highest BCUT2D eigenvalue weighted by molar-refractivity contribution is 5.98. The number of aromatic nitrogens is 3. The summed E-state index contributed by atoms with van der Waals surface area (Å²) in [7, 11) is 0. The minimum absolute atomic E-state index is 0.0672. The van der Waals surface area contributed by atoms with E-state index in [1.807, 2.05) is 0 Å². The summed E-state index contributed by atoms with van der Waals surface area (Å²) >= 11 is 0. The van der Waals surface area contributed by atoms with Gasteiger partial charge in [-0.25, -0.2) is 9.78 Å². The number of halogens is 3. The van der Waals surface area contributed by atoms with Crippen molar-refractivity contribution in [1.29, 1.82) is 0 Å². The van der Waals surface area contributed by atoms with E-state index in [9.17, 15) is 37.1 Å². The SMILES string of the molecule is CCOC(=O)CC[C@H](NC(=O)c1ncc(NC(=O)Cc2c(N)nc(N)[nH]c2=O)cc1C(F)(F)F)C(=O)OCC. The number of hydrogen-bond donors (Lipinski definition) is 5. The van der Waals surface area contributed by atoms with Crippen molar-refractivity contribution in [3.63, 3.8) is 0 Å². The van der Waals surface area contributed by atoms with Crippen LogP contribution in [0.25, 0.3) is 0 Å². The van der Waals surface area contributed by atoms with Gasteiger partial charge in [0, 0.05) is 6.42 Å². The number of alkyl halides is 3. The molecule has 2 aromatic rings. The summed E-state index contributed by atoms with van der Waals surface area (Å²) in [4.78, 5) is 70.2. The van der Waals surface area contributed by atoms with E-state index in [1.165, 1.54) is 6.92 Å². The Morgan fingerprint density at radius 1 is 1.13 bits per heavy atom. The second-order valence-electron chi connectivity index (χ2n) is 7.78. The first-order chi connectivity index (χ1) is 18.3. The van der Waals surface area contributed by atoms with Gasteiger partial charge in [-0.2, -0.15) is 18.2 Å². The molecule has 0 spiro atoms. The minimum atomic E-state index is -5.10. The monoisotopic (exact) mass is 557 g/mol. The molecule has 17 heteroatoms. The Labute approximate surface area is 218 Å². The molecule has 0 fully saturated rings. The van der Waals surface area contributed by atoms with E-state index in [2.05, 4.69) is 25.6 Å². The number of nitrogens with two attached hydrogens (primary N) is 2. The highest BCUT2D eigenvalue weighted by Crippen LogP contribution is 2.33. The summed E-state index contributed by atoms with van der Waals surface area (Å²) in [5.74, 6) is -4.61. The molecule has 2 rings (SSSR count). The quantitative estimate of drug-likeness (QED) is 0.240. The smallest absolute Gasteiger partial charge is 0.418 e. The molecule has 2 aromatic heterocycles. The molecule has 0 saturated carbocycles. The number of hydrogen-bond acceptors (Lipinski definition) is 11. The van der Waals surface area contributed by atoms with Gasteiger partial charge < -0.3 is 31.6 Å². The maximum absolute atomic E-state index is 13.8. The maximum Gasteiger partial charge on any atom is 0.418 e. The van der Waals surface area contributed by atoms with Crippen LogP contribution in [0, 0.1) is 0 Å². The molecule has 0 aliphatic rings. The van der Waals surface area contributed by atoms with E-state index in [-0.39, 0.29) is 43.4 Å². The van der Waals surface area contributed by atoms with E-state index in [4.69, 9.17) is 20.9 Å². The topological polar surface area (TPSA) is 221 Å². The van der Waals surface area contributed by atoms with Gasteiger partial charge in [0.05, 0.1) is 42.6 Å². The molecule has 0 bridgehead atoms. The van der Waals surface area contributed by atoms with Gasteiger partial charge in [-0.05, 0) is 26.3 Å². The van der Waals surface area contributed by atoms with Crippen LogP contribution in [-0.2, 0) is 36.5 Å². The fourth-order valence-electron chi connectivity index (χ4n) is 3.21. The number of carbonyl (C=O) groups excluding carboxylic acids is 4. The molecule has 39 heavy (non-hydrogen) atoms. The van der Waals surface area contributed by atoms with Gasteiger partial charge in [0.2, 0.25) is 11.9 Å². The van der Waals surface area contributed by atoms with Crippen LogP contribution < -0.4 is 27.7 Å². The Morgan fingerprint density at radius 2 is 1.79 bits per heavy atom. The van der Waals surface area contributed by atoms with Crippen molar-refractivity contribution in [3.05, 3.63) is 39.4 Å². The Hall–Kier alpha value is -4.70. The standard InChI is InChI=1S/C22H26F3N7O7/c1-3-38-15(34)6-5-13(20(37)39-4-2)30-19(36)16-12(22(23,24)25)7-10(9-28-16)29-14(33)8-11-17(26)31-21(27)32-18(11)35/h7,9,13H,3-6,8H2,1-2H3,(H,29,33)(H,30,36)(H5,26,27,31,32,35)/t13-/m0/s1. The average molecular weight is 557 g/mol. The average Bonchev–Trinajstić information content (AvgIpc) is 2.83. The summed E-state index contributed by atoms with van der Waals surface area (Å²) in [5, 5.41) is 4.23. The van der Waals surface area contributed by atoms with Crippen molar-refractivity contribution in [3.8, 4) is 0 Å². The third kappa shape index (κ3) is 8.68. The molecule has 2 amide bonds. The maximum atomic E-state index is 13.8. The predicted octanol–water partition coefficient (Wildman–Crippen LogP) is 0.534. The molecular weight excluding hydrogens is 531 g/mol. The lowest BCUT2D eigenvalue weighted by Gasteiger charge is -2.19. The molecule has 0 aromatic carbocycles. The first-order valence-corrected chi connectivity index (χ1v) is 11.4. The number of nitrogens with one attached hydrogen (secondary N) is 3. The normalized spacial score (nSPS) is 11.8. The van der Waals surface area contributed by atoms with Crippen molar-refractivity contribution < 1.29 is 41.8 Å². The number of ether oxygens (including phenoxy) is 2. The van der Waals surface area contributed by atoms with Gasteiger partial charge in [-0.1, -0.05) is 0 Å². The lowest BCUT2D eigenvalue weighted by atomic mass is 10.1. The van der Waals surface area contributed by atoms with Crippen LogP contribution in [0.3, 0.4) is 0 Å². The number of esters is 2. The van der Waals surface area contributed by atoms with Crippen molar-refractivity contribution in [2.75, 3.05) is 30.0 Å². The molecular formula is C22H26F3N7O7. The molecule has 14 nitrogen and oxygen atoms in total. The van der Waals surface area contributed by atoms with Crippen LogP contribution >= 0.6 is 0 Å². The molecule has 0 unspecified atom stereocenters. The largest absolute Gasteiger partial charge is 0.466 e. The second kappa shape index (κ2) is 13.2. The minimum Gasteiger partial charge on any atom is -0.466 e. The van der Waals surface area contributed by atoms with E-state index in [1.54, 1.807) is 6.92 Å². The summed E-state index contributed by atoms with van der Waals surface area (Å²) in [5.41, 5.74) is 6.75. The lowest BCUT2D eigenvalue weighted by Crippen LogP contribution is -2.43. The number of anilines is 3. The molecule has 2 heterocycles. The van der Waals surface area contributed by atoms with E-state index >= 15 is 0 Å². The third-order valence-corrected chi connectivity index (χ3v) is 4.91. The summed E-state index contributed by atoms with van der Waals surface area (Å²) in [6.45, 7) is 3.02. The number of amides is 2. The highest BCUT2D eigenvalue weighted by Gasteiger charge is 2.38. The van der Waals surface area contributed by atoms with E-state index in [0.717, 1.165) is 6.20 Å². The van der Waals surface area contributed by atoms with Crippen molar-refractivity contribution in [2.24, 2.45) is 0 Å². The Bertz CT molecular complexity index is 1300. The molecule has 0 radical (unpaired) electrons. The zero-order chi connectivity index (χ0) is 29.3. The summed E-state index contributed by atoms with van der Waals surface area (Å²) < 4.78 is 51.0. The van der Waals surface area contributed by atoms with Gasteiger partial charge in [0.25, 0.3) is 11.5 Å². The third-order valence-electron chi connectivity index (χ3n) is 4.91. The van der Waals surface area contributed by atoms with Crippen LogP contribution in [0.5, 0.6) is 0 Å². The summed E-state index contributed by atoms with van der Waals surface area (Å²) in [6.07, 6.45) is -5.61. The van der Waals surface area contributed by atoms with Crippen LogP contribution in [0.1, 0.15) is 48.3 Å².